The number of nitrogens with zero attached hydrogens (tertiary/aromatic N) is 4. The van der Waals surface area contributed by atoms with Crippen molar-refractivity contribution < 1.29 is 38.0 Å². The molecule has 0 saturated carbocycles. The van der Waals surface area contributed by atoms with E-state index in [1.807, 2.05) is 62.6 Å². The number of aryl methyl sites for hydroxylation is 2. The molecule has 0 aliphatic rings. The van der Waals surface area contributed by atoms with E-state index in [1.54, 1.807) is 46.0 Å². The number of alkyl halides is 2. The Morgan fingerprint density at radius 3 is 1.31 bits per heavy atom. The molecule has 0 spiro atoms. The van der Waals surface area contributed by atoms with Crippen LogP contribution >= 0.6 is 23.2 Å². The van der Waals surface area contributed by atoms with E-state index < -0.39 is 11.9 Å². The lowest BCUT2D eigenvalue weighted by molar-refractivity contribution is 0.0592. The second-order valence-electron chi connectivity index (χ2n) is 11.3. The fourth-order valence-corrected chi connectivity index (χ4v) is 5.36. The average Bonchev–Trinajstić information content (AvgIpc) is 3.74. The number of carbonyl (C=O) groups excluding carboxylic acids is 2. The summed E-state index contributed by atoms with van der Waals surface area (Å²) in [4.78, 5) is 23.8. The molecule has 0 unspecified atom stereocenters. The molecule has 0 fully saturated rings. The van der Waals surface area contributed by atoms with Gasteiger partial charge in [-0.2, -0.15) is 10.2 Å². The van der Waals surface area contributed by atoms with Gasteiger partial charge in [-0.15, -0.1) is 23.2 Å². The Bertz CT molecular complexity index is 1960. The van der Waals surface area contributed by atoms with Crippen LogP contribution in [0.1, 0.15) is 33.6 Å². The van der Waals surface area contributed by atoms with Gasteiger partial charge in [-0.3, -0.25) is 9.36 Å². The molecule has 12 nitrogen and oxygen atoms in total. The van der Waals surface area contributed by atoms with Crippen LogP contribution in [0.15, 0.2) is 85.2 Å². The summed E-state index contributed by atoms with van der Waals surface area (Å²) in [5.41, 5.74) is 2.40. The Morgan fingerprint density at radius 2 is 0.962 bits per heavy atom. The topological polar surface area (TPSA) is 125 Å². The van der Waals surface area contributed by atoms with Crippen molar-refractivity contribution in [3.63, 3.8) is 0 Å². The zero-order valence-electron chi connectivity index (χ0n) is 29.1. The van der Waals surface area contributed by atoms with Gasteiger partial charge < -0.3 is 28.4 Å². The Morgan fingerprint density at radius 1 is 0.596 bits per heavy atom. The molecule has 0 atom stereocenters. The standard InChI is InChI=1S/2C19H19ClN2O4/c2*1-22-18-14(12-21-22)10-13(19(23)24-2)11-17(18)26-16-6-4-15(5-7-16)25-9-3-8-20/h2*4-7,10-12H,3,8-9H2,1-2H3. The van der Waals surface area contributed by atoms with Crippen molar-refractivity contribution >= 4 is 56.9 Å². The number of hydrogen-bond acceptors (Lipinski definition) is 10. The molecule has 4 aromatic carbocycles. The van der Waals surface area contributed by atoms with Crippen molar-refractivity contribution in [3.05, 3.63) is 96.3 Å². The van der Waals surface area contributed by atoms with Crippen molar-refractivity contribution in [1.82, 2.24) is 19.6 Å². The van der Waals surface area contributed by atoms with Gasteiger partial charge in [0.2, 0.25) is 0 Å². The molecule has 0 bridgehead atoms. The second kappa shape index (κ2) is 18.2. The molecule has 6 rings (SSSR count). The SMILES string of the molecule is COC(=O)c1cc(Oc2ccc(OCCCCl)cc2)c2c(cnn2C)c1.COC(=O)c1cc(Oc2ccc(OCCCCl)cc2)c2c(cnn2C)c1. The third-order valence-corrected chi connectivity index (χ3v) is 8.17. The molecule has 14 heteroatoms. The zero-order chi connectivity index (χ0) is 37.0. The summed E-state index contributed by atoms with van der Waals surface area (Å²) in [6, 6.07) is 21.3. The van der Waals surface area contributed by atoms with E-state index in [0.717, 1.165) is 46.1 Å². The number of rotatable bonds is 14. The summed E-state index contributed by atoms with van der Waals surface area (Å²) in [6.07, 6.45) is 4.95. The molecular formula is C38H38Cl2N4O8. The fraction of sp³-hybridized carbons (Fsp3) is 0.263. The van der Waals surface area contributed by atoms with Gasteiger partial charge in [0.15, 0.2) is 11.5 Å². The highest BCUT2D eigenvalue weighted by atomic mass is 35.5. The number of aromatic nitrogens is 4. The highest BCUT2D eigenvalue weighted by molar-refractivity contribution is 6.18. The first kappa shape index (κ1) is 37.8. The summed E-state index contributed by atoms with van der Waals surface area (Å²) < 4.78 is 36.2. The highest BCUT2D eigenvalue weighted by Crippen LogP contribution is 2.34. The zero-order valence-corrected chi connectivity index (χ0v) is 30.6. The Kier molecular flexibility index (Phi) is 13.2. The number of carbonyl (C=O) groups is 2. The Balaban J connectivity index is 0.000000201. The average molecular weight is 750 g/mol. The monoisotopic (exact) mass is 748 g/mol. The van der Waals surface area contributed by atoms with Crippen LogP contribution in [0.3, 0.4) is 0 Å². The van der Waals surface area contributed by atoms with Crippen molar-refractivity contribution in [2.24, 2.45) is 14.1 Å². The van der Waals surface area contributed by atoms with Crippen LogP contribution in [0.5, 0.6) is 34.5 Å². The predicted molar refractivity (Wildman–Crippen MR) is 199 cm³/mol. The smallest absolute Gasteiger partial charge is 0.338 e. The van der Waals surface area contributed by atoms with Crippen molar-refractivity contribution in [3.8, 4) is 34.5 Å². The number of halogens is 2. The van der Waals surface area contributed by atoms with Gasteiger partial charge in [-0.05, 0) is 85.6 Å². The lowest BCUT2D eigenvalue weighted by atomic mass is 10.1. The molecule has 272 valence electrons. The number of methoxy groups -OCH3 is 2. The maximum Gasteiger partial charge on any atom is 0.338 e. The van der Waals surface area contributed by atoms with Crippen LogP contribution in [0.4, 0.5) is 0 Å². The number of benzene rings is 4. The Labute approximate surface area is 310 Å². The minimum absolute atomic E-state index is 0.407. The molecule has 0 N–H and O–H groups in total. The van der Waals surface area contributed by atoms with Crippen LogP contribution in [0, 0.1) is 0 Å². The molecule has 0 aliphatic carbocycles. The first-order valence-electron chi connectivity index (χ1n) is 16.3. The highest BCUT2D eigenvalue weighted by Gasteiger charge is 2.17. The van der Waals surface area contributed by atoms with E-state index in [0.29, 0.717) is 59.1 Å². The lowest BCUT2D eigenvalue weighted by Crippen LogP contribution is -2.02. The summed E-state index contributed by atoms with van der Waals surface area (Å²) in [6.45, 7) is 1.14. The minimum Gasteiger partial charge on any atom is -0.494 e. The molecule has 0 saturated heterocycles. The molecule has 52 heavy (non-hydrogen) atoms. The van der Waals surface area contributed by atoms with Crippen LogP contribution < -0.4 is 18.9 Å². The first-order chi connectivity index (χ1) is 25.2. The number of esters is 2. The third-order valence-electron chi connectivity index (χ3n) is 7.63. The summed E-state index contributed by atoms with van der Waals surface area (Å²) in [5, 5.41) is 10.1. The third kappa shape index (κ3) is 9.45. The molecule has 0 aliphatic heterocycles. The molecule has 2 aromatic heterocycles. The van der Waals surface area contributed by atoms with E-state index in [1.165, 1.54) is 14.2 Å². The van der Waals surface area contributed by atoms with Crippen molar-refractivity contribution in [1.29, 1.82) is 0 Å². The van der Waals surface area contributed by atoms with Crippen LogP contribution in [-0.4, -0.2) is 70.7 Å². The van der Waals surface area contributed by atoms with Gasteiger partial charge in [-0.25, -0.2) is 9.59 Å². The van der Waals surface area contributed by atoms with Crippen LogP contribution in [0.2, 0.25) is 0 Å². The lowest BCUT2D eigenvalue weighted by Gasteiger charge is -2.11. The van der Waals surface area contributed by atoms with Gasteiger partial charge in [0.05, 0.1) is 51.0 Å². The molecule has 6 aromatic rings. The summed E-state index contributed by atoms with van der Waals surface area (Å²) >= 11 is 11.3. The summed E-state index contributed by atoms with van der Waals surface area (Å²) in [5.74, 6) is 4.08. The van der Waals surface area contributed by atoms with Gasteiger partial charge >= 0.3 is 11.9 Å². The summed E-state index contributed by atoms with van der Waals surface area (Å²) in [7, 11) is 6.33. The maximum atomic E-state index is 11.9. The number of ether oxygens (including phenoxy) is 6. The van der Waals surface area contributed by atoms with Gasteiger partial charge in [0.1, 0.15) is 34.0 Å². The molecular weight excluding hydrogens is 711 g/mol. The Hall–Kier alpha value is -5.46. The van der Waals surface area contributed by atoms with E-state index in [-0.39, 0.29) is 0 Å². The van der Waals surface area contributed by atoms with Crippen LogP contribution in [0.25, 0.3) is 21.8 Å². The molecule has 0 radical (unpaired) electrons. The molecule has 2 heterocycles. The quantitative estimate of drug-likeness (QED) is 0.0610. The van der Waals surface area contributed by atoms with E-state index in [4.69, 9.17) is 51.6 Å². The maximum absolute atomic E-state index is 11.9. The number of hydrogen-bond donors (Lipinski definition) is 0. The van der Waals surface area contributed by atoms with E-state index >= 15 is 0 Å². The first-order valence-corrected chi connectivity index (χ1v) is 17.3. The van der Waals surface area contributed by atoms with Gasteiger partial charge in [0.25, 0.3) is 0 Å². The van der Waals surface area contributed by atoms with E-state index in [9.17, 15) is 9.59 Å². The largest absolute Gasteiger partial charge is 0.494 e. The normalized spacial score (nSPS) is 10.7. The van der Waals surface area contributed by atoms with Crippen molar-refractivity contribution in [2.45, 2.75) is 12.8 Å². The predicted octanol–water partition coefficient (Wildman–Crippen LogP) is 8.32. The molecule has 0 amide bonds. The van der Waals surface area contributed by atoms with Gasteiger partial charge in [0, 0.05) is 36.6 Å². The second-order valence-corrected chi connectivity index (χ2v) is 12.0. The van der Waals surface area contributed by atoms with Crippen LogP contribution in [-0.2, 0) is 23.6 Å². The minimum atomic E-state index is -0.427. The number of fused-ring (bicyclic) bond motifs is 2. The van der Waals surface area contributed by atoms with Gasteiger partial charge in [-0.1, -0.05) is 0 Å². The van der Waals surface area contributed by atoms with E-state index in [2.05, 4.69) is 10.2 Å². The van der Waals surface area contributed by atoms with Crippen molar-refractivity contribution in [2.75, 3.05) is 39.2 Å². The fourth-order valence-electron chi connectivity index (χ4n) is 5.14.